The number of nitrogen functional groups attached to an aromatic ring is 1. The van der Waals surface area contributed by atoms with Crippen LogP contribution in [0.3, 0.4) is 0 Å². The van der Waals surface area contributed by atoms with Gasteiger partial charge in [0.1, 0.15) is 5.00 Å². The second-order valence-corrected chi connectivity index (χ2v) is 5.75. The van der Waals surface area contributed by atoms with Crippen molar-refractivity contribution in [3.8, 4) is 5.75 Å². The molecule has 1 rings (SSSR count). The molecule has 0 bridgehead atoms. The van der Waals surface area contributed by atoms with Gasteiger partial charge in [-0.3, -0.25) is 4.79 Å². The average molecular weight is 286 g/mol. The maximum absolute atomic E-state index is 11.6. The maximum Gasteiger partial charge on any atom is 0.177 e. The molecule has 0 amide bonds. The predicted molar refractivity (Wildman–Crippen MR) is 79.5 cm³/mol. The quantitative estimate of drug-likeness (QED) is 0.754. The van der Waals surface area contributed by atoms with Gasteiger partial charge in [-0.1, -0.05) is 0 Å². The number of Topliss-reactive ketones (excluding diaryl/α,β-unsaturated/α-hetero) is 1. The number of nitrogens with one attached hydrogen (secondary N) is 1. The number of hydrogen-bond acceptors (Lipinski definition) is 6. The summed E-state index contributed by atoms with van der Waals surface area (Å²) in [6, 6.07) is 0.109. The standard InChI is InChI=1S/C13H22N2O3S/c1-7(2)18-11-10(14)12(9(4)16)19-13(11)15-8(3)6-17-5/h7-8,15H,6,14H2,1-5H3. The first-order valence-corrected chi connectivity index (χ1v) is 7.03. The lowest BCUT2D eigenvalue weighted by Crippen LogP contribution is -2.21. The first-order chi connectivity index (χ1) is 8.86. The molecule has 0 saturated carbocycles. The van der Waals surface area contributed by atoms with E-state index >= 15 is 0 Å². The van der Waals surface area contributed by atoms with Gasteiger partial charge in [-0.05, 0) is 20.8 Å². The molecule has 0 aliphatic rings. The van der Waals surface area contributed by atoms with E-state index in [0.717, 1.165) is 5.00 Å². The van der Waals surface area contributed by atoms with E-state index in [4.69, 9.17) is 15.2 Å². The molecule has 0 aliphatic carbocycles. The van der Waals surface area contributed by atoms with Crippen molar-refractivity contribution < 1.29 is 14.3 Å². The highest BCUT2D eigenvalue weighted by atomic mass is 32.1. The van der Waals surface area contributed by atoms with E-state index in [-0.39, 0.29) is 17.9 Å². The number of hydrogen-bond donors (Lipinski definition) is 2. The molecule has 6 heteroatoms. The van der Waals surface area contributed by atoms with Crippen LogP contribution in [0.1, 0.15) is 37.4 Å². The summed E-state index contributed by atoms with van der Waals surface area (Å²) in [5, 5.41) is 4.05. The van der Waals surface area contributed by atoms with Crippen molar-refractivity contribution in [2.75, 3.05) is 24.8 Å². The minimum Gasteiger partial charge on any atom is -0.486 e. The third-order valence-corrected chi connectivity index (χ3v) is 3.59. The number of rotatable bonds is 7. The van der Waals surface area contributed by atoms with Gasteiger partial charge in [0.15, 0.2) is 11.5 Å². The highest BCUT2D eigenvalue weighted by Gasteiger charge is 2.21. The van der Waals surface area contributed by atoms with E-state index in [2.05, 4.69) is 5.32 Å². The topological polar surface area (TPSA) is 73.6 Å². The molecule has 1 heterocycles. The summed E-state index contributed by atoms with van der Waals surface area (Å²) in [6.45, 7) is 7.91. The summed E-state index contributed by atoms with van der Waals surface area (Å²) in [5.41, 5.74) is 6.41. The van der Waals surface area contributed by atoms with Crippen LogP contribution in [0, 0.1) is 0 Å². The second-order valence-electron chi connectivity index (χ2n) is 4.73. The number of thiophene rings is 1. The normalized spacial score (nSPS) is 12.5. The Bertz CT molecular complexity index is 443. The number of carbonyl (C=O) groups is 1. The first-order valence-electron chi connectivity index (χ1n) is 6.22. The lowest BCUT2D eigenvalue weighted by molar-refractivity contribution is 0.102. The summed E-state index contributed by atoms with van der Waals surface area (Å²) < 4.78 is 10.8. The zero-order chi connectivity index (χ0) is 14.6. The Morgan fingerprint density at radius 1 is 1.42 bits per heavy atom. The smallest absolute Gasteiger partial charge is 0.177 e. The highest BCUT2D eigenvalue weighted by molar-refractivity contribution is 7.19. The summed E-state index contributed by atoms with van der Waals surface area (Å²) in [4.78, 5) is 12.1. The molecule has 0 saturated heterocycles. The third-order valence-electron chi connectivity index (χ3n) is 2.37. The van der Waals surface area contributed by atoms with Crippen LogP contribution in [-0.4, -0.2) is 31.6 Å². The average Bonchev–Trinajstić information content (AvgIpc) is 2.57. The van der Waals surface area contributed by atoms with Crippen LogP contribution in [0.15, 0.2) is 0 Å². The molecule has 0 fully saturated rings. The minimum atomic E-state index is -0.0523. The zero-order valence-corrected chi connectivity index (χ0v) is 12.9. The van der Waals surface area contributed by atoms with Gasteiger partial charge in [-0.2, -0.15) is 0 Å². The molecule has 5 nitrogen and oxygen atoms in total. The molecule has 1 aromatic heterocycles. The first kappa shape index (κ1) is 15.8. The number of ether oxygens (including phenoxy) is 2. The van der Waals surface area contributed by atoms with Crippen LogP contribution in [0.4, 0.5) is 10.7 Å². The molecule has 1 aromatic rings. The molecular weight excluding hydrogens is 264 g/mol. The van der Waals surface area contributed by atoms with Crippen molar-refractivity contribution in [1.29, 1.82) is 0 Å². The fourth-order valence-corrected chi connectivity index (χ4v) is 2.71. The Morgan fingerprint density at radius 3 is 2.53 bits per heavy atom. The summed E-state index contributed by atoms with van der Waals surface area (Å²) in [5.74, 6) is 0.511. The van der Waals surface area contributed by atoms with Gasteiger partial charge in [-0.15, -0.1) is 11.3 Å². The lowest BCUT2D eigenvalue weighted by Gasteiger charge is -2.16. The largest absolute Gasteiger partial charge is 0.486 e. The molecule has 1 unspecified atom stereocenters. The predicted octanol–water partition coefficient (Wildman–Crippen LogP) is 2.77. The summed E-state index contributed by atoms with van der Waals surface area (Å²) in [6.07, 6.45) is -0.00464. The monoisotopic (exact) mass is 286 g/mol. The van der Waals surface area contributed by atoms with Crippen LogP contribution in [0.5, 0.6) is 5.75 Å². The van der Waals surface area contributed by atoms with Gasteiger partial charge < -0.3 is 20.5 Å². The highest BCUT2D eigenvalue weighted by Crippen LogP contribution is 2.43. The van der Waals surface area contributed by atoms with E-state index in [1.54, 1.807) is 7.11 Å². The van der Waals surface area contributed by atoms with Crippen molar-refractivity contribution >= 4 is 27.8 Å². The van der Waals surface area contributed by atoms with Crippen LogP contribution >= 0.6 is 11.3 Å². The Balaban J connectivity index is 3.06. The summed E-state index contributed by atoms with van der Waals surface area (Å²) >= 11 is 1.32. The van der Waals surface area contributed by atoms with E-state index in [1.165, 1.54) is 18.3 Å². The molecule has 0 radical (unpaired) electrons. The van der Waals surface area contributed by atoms with E-state index in [0.29, 0.717) is 22.9 Å². The van der Waals surface area contributed by atoms with Crippen LogP contribution in [0.25, 0.3) is 0 Å². The van der Waals surface area contributed by atoms with Gasteiger partial charge in [0.25, 0.3) is 0 Å². The van der Waals surface area contributed by atoms with Crippen molar-refractivity contribution in [2.24, 2.45) is 0 Å². The van der Waals surface area contributed by atoms with Crippen LogP contribution < -0.4 is 15.8 Å². The number of anilines is 2. The molecule has 0 aromatic carbocycles. The van der Waals surface area contributed by atoms with Crippen LogP contribution in [-0.2, 0) is 4.74 Å². The number of carbonyl (C=O) groups excluding carboxylic acids is 1. The Labute approximate surface area is 118 Å². The van der Waals surface area contributed by atoms with E-state index in [9.17, 15) is 4.79 Å². The summed E-state index contributed by atoms with van der Waals surface area (Å²) in [7, 11) is 1.65. The molecule has 19 heavy (non-hydrogen) atoms. The Kier molecular flexibility index (Phi) is 5.62. The molecule has 3 N–H and O–H groups in total. The van der Waals surface area contributed by atoms with Crippen molar-refractivity contribution in [3.05, 3.63) is 4.88 Å². The number of nitrogens with two attached hydrogens (primary N) is 1. The van der Waals surface area contributed by atoms with E-state index < -0.39 is 0 Å². The molecular formula is C13H22N2O3S. The van der Waals surface area contributed by atoms with Gasteiger partial charge in [0.2, 0.25) is 0 Å². The molecule has 0 aliphatic heterocycles. The fraction of sp³-hybridized carbons (Fsp3) is 0.615. The van der Waals surface area contributed by atoms with E-state index in [1.807, 2.05) is 20.8 Å². The molecule has 108 valence electrons. The Morgan fingerprint density at radius 2 is 2.05 bits per heavy atom. The maximum atomic E-state index is 11.6. The molecule has 0 spiro atoms. The fourth-order valence-electron chi connectivity index (χ4n) is 1.65. The third kappa shape index (κ3) is 4.11. The van der Waals surface area contributed by atoms with Crippen molar-refractivity contribution in [1.82, 2.24) is 0 Å². The van der Waals surface area contributed by atoms with Crippen molar-refractivity contribution in [2.45, 2.75) is 39.8 Å². The van der Waals surface area contributed by atoms with Gasteiger partial charge >= 0.3 is 0 Å². The van der Waals surface area contributed by atoms with Gasteiger partial charge in [0.05, 0.1) is 23.3 Å². The van der Waals surface area contributed by atoms with Gasteiger partial charge in [0, 0.05) is 20.1 Å². The van der Waals surface area contributed by atoms with Gasteiger partial charge in [-0.25, -0.2) is 0 Å². The lowest BCUT2D eigenvalue weighted by atomic mass is 10.3. The Hall–Kier alpha value is -1.27. The van der Waals surface area contributed by atoms with Crippen molar-refractivity contribution in [3.63, 3.8) is 0 Å². The number of ketones is 1. The molecule has 1 atom stereocenters. The minimum absolute atomic E-state index is 0.00464. The second kappa shape index (κ2) is 6.77. The van der Waals surface area contributed by atoms with Crippen LogP contribution in [0.2, 0.25) is 0 Å². The SMILES string of the molecule is COCC(C)Nc1sc(C(C)=O)c(N)c1OC(C)C. The zero-order valence-electron chi connectivity index (χ0n) is 12.1. The number of methoxy groups -OCH3 is 1.